The van der Waals surface area contributed by atoms with Gasteiger partial charge < -0.3 is 5.11 Å². The van der Waals surface area contributed by atoms with Crippen molar-refractivity contribution in [1.29, 1.82) is 0 Å². The van der Waals surface area contributed by atoms with Crippen molar-refractivity contribution in [2.24, 2.45) is 0 Å². The second kappa shape index (κ2) is 4.70. The third-order valence-electron chi connectivity index (χ3n) is 2.94. The van der Waals surface area contributed by atoms with Gasteiger partial charge in [0.05, 0.1) is 28.5 Å². The number of carboxylic acids is 1. The lowest BCUT2D eigenvalue weighted by Gasteiger charge is -2.04. The van der Waals surface area contributed by atoms with Crippen LogP contribution in [-0.2, 0) is 0 Å². The van der Waals surface area contributed by atoms with Crippen molar-refractivity contribution in [2.45, 2.75) is 0 Å². The summed E-state index contributed by atoms with van der Waals surface area (Å²) in [6.07, 6.45) is 1.44. The molecule has 0 aliphatic heterocycles. The Balaban J connectivity index is 2.15. The highest BCUT2D eigenvalue weighted by molar-refractivity contribution is 5.92. The summed E-state index contributed by atoms with van der Waals surface area (Å²) in [5, 5.41) is 8.92. The van der Waals surface area contributed by atoms with Gasteiger partial charge in [-0.2, -0.15) is 0 Å². The molecule has 0 fully saturated rings. The van der Waals surface area contributed by atoms with E-state index in [4.69, 9.17) is 5.11 Å². The molecule has 4 nitrogen and oxygen atoms in total. The van der Waals surface area contributed by atoms with Gasteiger partial charge >= 0.3 is 5.97 Å². The average Bonchev–Trinajstić information content (AvgIpc) is 2.46. The highest BCUT2D eigenvalue weighted by atomic mass is 19.1. The van der Waals surface area contributed by atoms with E-state index in [9.17, 15) is 9.18 Å². The van der Waals surface area contributed by atoms with Gasteiger partial charge in [-0.25, -0.2) is 14.2 Å². The topological polar surface area (TPSA) is 63.1 Å². The molecule has 0 unspecified atom stereocenters. The van der Waals surface area contributed by atoms with Gasteiger partial charge in [0.1, 0.15) is 5.82 Å². The molecule has 1 heterocycles. The minimum Gasteiger partial charge on any atom is -0.478 e. The minimum atomic E-state index is -1.02. The van der Waals surface area contributed by atoms with E-state index in [1.54, 1.807) is 24.3 Å². The van der Waals surface area contributed by atoms with E-state index in [2.05, 4.69) is 9.97 Å². The summed E-state index contributed by atoms with van der Waals surface area (Å²) >= 11 is 0. The summed E-state index contributed by atoms with van der Waals surface area (Å²) in [6.45, 7) is 0. The Morgan fingerprint density at radius 2 is 1.90 bits per heavy atom. The number of rotatable bonds is 2. The van der Waals surface area contributed by atoms with Gasteiger partial charge in [0.15, 0.2) is 0 Å². The van der Waals surface area contributed by atoms with E-state index >= 15 is 0 Å². The fourth-order valence-corrected chi connectivity index (χ4v) is 1.94. The average molecular weight is 268 g/mol. The van der Waals surface area contributed by atoms with Crippen molar-refractivity contribution in [3.05, 3.63) is 60.0 Å². The van der Waals surface area contributed by atoms with E-state index in [0.29, 0.717) is 22.3 Å². The predicted molar refractivity (Wildman–Crippen MR) is 71.9 cm³/mol. The summed E-state index contributed by atoms with van der Waals surface area (Å²) in [5.74, 6) is -1.39. The van der Waals surface area contributed by atoms with Gasteiger partial charge in [0.2, 0.25) is 0 Å². The SMILES string of the molecule is O=C(O)c1ccc2nc(-c3ccccc3F)cnc2c1. The van der Waals surface area contributed by atoms with E-state index in [1.165, 1.54) is 24.4 Å². The summed E-state index contributed by atoms with van der Waals surface area (Å²) in [6, 6.07) is 10.8. The first kappa shape index (κ1) is 12.2. The molecule has 0 saturated carbocycles. The van der Waals surface area contributed by atoms with Crippen molar-refractivity contribution in [1.82, 2.24) is 9.97 Å². The van der Waals surface area contributed by atoms with E-state index in [1.807, 2.05) is 0 Å². The lowest BCUT2D eigenvalue weighted by atomic mass is 10.1. The highest BCUT2D eigenvalue weighted by Crippen LogP contribution is 2.22. The van der Waals surface area contributed by atoms with Crippen LogP contribution in [0.15, 0.2) is 48.7 Å². The van der Waals surface area contributed by atoms with Crippen molar-refractivity contribution in [3.8, 4) is 11.3 Å². The molecule has 0 spiro atoms. The molecule has 1 N–H and O–H groups in total. The molecule has 5 heteroatoms. The van der Waals surface area contributed by atoms with Crippen molar-refractivity contribution < 1.29 is 14.3 Å². The minimum absolute atomic E-state index is 0.144. The summed E-state index contributed by atoms with van der Waals surface area (Å²) < 4.78 is 13.7. The highest BCUT2D eigenvalue weighted by Gasteiger charge is 2.09. The molecule has 98 valence electrons. The number of carbonyl (C=O) groups is 1. The molecule has 0 amide bonds. The first-order chi connectivity index (χ1) is 9.65. The second-order valence-electron chi connectivity index (χ2n) is 4.24. The fourth-order valence-electron chi connectivity index (χ4n) is 1.94. The van der Waals surface area contributed by atoms with Crippen LogP contribution in [0.4, 0.5) is 4.39 Å². The molecule has 20 heavy (non-hydrogen) atoms. The van der Waals surface area contributed by atoms with Crippen molar-refractivity contribution in [3.63, 3.8) is 0 Å². The van der Waals surface area contributed by atoms with Crippen LogP contribution in [0.2, 0.25) is 0 Å². The number of carboxylic acid groups (broad SMARTS) is 1. The number of nitrogens with zero attached hydrogens (tertiary/aromatic N) is 2. The van der Waals surface area contributed by atoms with Crippen LogP contribution >= 0.6 is 0 Å². The summed E-state index contributed by atoms with van der Waals surface area (Å²) in [5.41, 5.74) is 1.91. The van der Waals surface area contributed by atoms with Crippen LogP contribution in [-0.4, -0.2) is 21.0 Å². The number of hydrogen-bond donors (Lipinski definition) is 1. The van der Waals surface area contributed by atoms with E-state index in [-0.39, 0.29) is 11.4 Å². The summed E-state index contributed by atoms with van der Waals surface area (Å²) in [7, 11) is 0. The molecule has 0 saturated heterocycles. The molecule has 0 radical (unpaired) electrons. The monoisotopic (exact) mass is 268 g/mol. The number of halogens is 1. The molecular weight excluding hydrogens is 259 g/mol. The van der Waals surface area contributed by atoms with Gasteiger partial charge in [-0.1, -0.05) is 12.1 Å². The Hall–Kier alpha value is -2.82. The van der Waals surface area contributed by atoms with Crippen LogP contribution in [0.1, 0.15) is 10.4 Å². The number of hydrogen-bond acceptors (Lipinski definition) is 3. The fraction of sp³-hybridized carbons (Fsp3) is 0. The molecular formula is C15H9FN2O2. The summed E-state index contributed by atoms with van der Waals surface area (Å²) in [4.78, 5) is 19.3. The molecule has 2 aromatic carbocycles. The zero-order chi connectivity index (χ0) is 14.1. The largest absolute Gasteiger partial charge is 0.478 e. The Bertz CT molecular complexity index is 818. The molecule has 3 aromatic rings. The standard InChI is InChI=1S/C15H9FN2O2/c16-11-4-2-1-3-10(11)14-8-17-13-7-9(15(19)20)5-6-12(13)18-14/h1-8H,(H,19,20). The van der Waals surface area contributed by atoms with Gasteiger partial charge in [-0.15, -0.1) is 0 Å². The maximum Gasteiger partial charge on any atom is 0.335 e. The Morgan fingerprint density at radius 1 is 1.10 bits per heavy atom. The van der Waals surface area contributed by atoms with Crippen LogP contribution in [0.5, 0.6) is 0 Å². The van der Waals surface area contributed by atoms with E-state index < -0.39 is 5.97 Å². The third kappa shape index (κ3) is 2.09. The first-order valence-electron chi connectivity index (χ1n) is 5.90. The maximum absolute atomic E-state index is 13.7. The van der Waals surface area contributed by atoms with E-state index in [0.717, 1.165) is 0 Å². The van der Waals surface area contributed by atoms with Crippen molar-refractivity contribution >= 4 is 17.0 Å². The quantitative estimate of drug-likeness (QED) is 0.775. The number of aromatic nitrogens is 2. The van der Waals surface area contributed by atoms with Crippen LogP contribution in [0, 0.1) is 5.82 Å². The Labute approximate surface area is 113 Å². The van der Waals surface area contributed by atoms with Crippen LogP contribution in [0.25, 0.3) is 22.3 Å². The molecule has 1 aromatic heterocycles. The predicted octanol–water partition coefficient (Wildman–Crippen LogP) is 3.13. The Morgan fingerprint density at radius 3 is 2.65 bits per heavy atom. The third-order valence-corrected chi connectivity index (χ3v) is 2.94. The second-order valence-corrected chi connectivity index (χ2v) is 4.24. The molecule has 0 bridgehead atoms. The smallest absolute Gasteiger partial charge is 0.335 e. The lowest BCUT2D eigenvalue weighted by Crippen LogP contribution is -1.97. The number of aromatic carboxylic acids is 1. The first-order valence-corrected chi connectivity index (χ1v) is 5.90. The number of benzene rings is 2. The van der Waals surface area contributed by atoms with Gasteiger partial charge in [-0.05, 0) is 30.3 Å². The molecule has 0 aliphatic rings. The maximum atomic E-state index is 13.7. The molecule has 0 aliphatic carbocycles. The molecule has 3 rings (SSSR count). The zero-order valence-corrected chi connectivity index (χ0v) is 10.2. The van der Waals surface area contributed by atoms with Crippen LogP contribution < -0.4 is 0 Å². The van der Waals surface area contributed by atoms with Gasteiger partial charge in [0, 0.05) is 5.56 Å². The lowest BCUT2D eigenvalue weighted by molar-refractivity contribution is 0.0697. The van der Waals surface area contributed by atoms with Gasteiger partial charge in [-0.3, -0.25) is 4.98 Å². The van der Waals surface area contributed by atoms with Crippen LogP contribution in [0.3, 0.4) is 0 Å². The Kier molecular flexibility index (Phi) is 2.87. The molecule has 0 atom stereocenters. The van der Waals surface area contributed by atoms with Crippen molar-refractivity contribution in [2.75, 3.05) is 0 Å². The number of fused-ring (bicyclic) bond motifs is 1. The zero-order valence-electron chi connectivity index (χ0n) is 10.2. The van der Waals surface area contributed by atoms with Gasteiger partial charge in [0.25, 0.3) is 0 Å². The normalized spacial score (nSPS) is 10.7.